The SMILES string of the molecule is CC(C)c1ccc(NC(=O)c2coc(CN)c2)cc1.Cl. The summed E-state index contributed by atoms with van der Waals surface area (Å²) in [5.74, 6) is 0.881. The average molecular weight is 295 g/mol. The van der Waals surface area contributed by atoms with Crippen molar-refractivity contribution in [1.82, 2.24) is 0 Å². The van der Waals surface area contributed by atoms with Gasteiger partial charge < -0.3 is 15.5 Å². The Hall–Kier alpha value is -1.78. The van der Waals surface area contributed by atoms with Gasteiger partial charge >= 0.3 is 0 Å². The Bertz CT molecular complexity index is 562. The van der Waals surface area contributed by atoms with Gasteiger partial charge in [0.25, 0.3) is 5.91 Å². The van der Waals surface area contributed by atoms with Crippen LogP contribution in [0.1, 0.15) is 41.4 Å². The van der Waals surface area contributed by atoms with Crippen LogP contribution in [0.2, 0.25) is 0 Å². The van der Waals surface area contributed by atoms with E-state index in [9.17, 15) is 4.79 Å². The van der Waals surface area contributed by atoms with E-state index in [1.54, 1.807) is 6.07 Å². The van der Waals surface area contributed by atoms with Crippen LogP contribution in [0.25, 0.3) is 0 Å². The topological polar surface area (TPSA) is 68.3 Å². The summed E-state index contributed by atoms with van der Waals surface area (Å²) in [4.78, 5) is 12.0. The van der Waals surface area contributed by atoms with Gasteiger partial charge in [-0.1, -0.05) is 26.0 Å². The first-order valence-corrected chi connectivity index (χ1v) is 6.29. The Morgan fingerprint density at radius 3 is 2.45 bits per heavy atom. The Morgan fingerprint density at radius 1 is 1.30 bits per heavy atom. The van der Waals surface area contributed by atoms with Crippen LogP contribution in [0.5, 0.6) is 0 Å². The molecule has 0 saturated carbocycles. The van der Waals surface area contributed by atoms with E-state index >= 15 is 0 Å². The van der Waals surface area contributed by atoms with Gasteiger partial charge in [-0.3, -0.25) is 4.79 Å². The minimum absolute atomic E-state index is 0. The number of carbonyl (C=O) groups excluding carboxylic acids is 1. The van der Waals surface area contributed by atoms with Gasteiger partial charge in [-0.2, -0.15) is 0 Å². The molecule has 20 heavy (non-hydrogen) atoms. The second-order valence-electron chi connectivity index (χ2n) is 4.74. The molecule has 2 aromatic rings. The number of benzene rings is 1. The fourth-order valence-electron chi connectivity index (χ4n) is 1.76. The molecular weight excluding hydrogens is 276 g/mol. The lowest BCUT2D eigenvalue weighted by Gasteiger charge is -2.07. The van der Waals surface area contributed by atoms with Crippen LogP contribution in [-0.2, 0) is 6.54 Å². The quantitative estimate of drug-likeness (QED) is 0.906. The first kappa shape index (κ1) is 16.3. The number of hydrogen-bond donors (Lipinski definition) is 2. The van der Waals surface area contributed by atoms with Crippen LogP contribution in [0.15, 0.2) is 41.0 Å². The predicted molar refractivity (Wildman–Crippen MR) is 82.3 cm³/mol. The van der Waals surface area contributed by atoms with Gasteiger partial charge in [-0.15, -0.1) is 12.4 Å². The van der Waals surface area contributed by atoms with Gasteiger partial charge in [0, 0.05) is 5.69 Å². The van der Waals surface area contributed by atoms with Crippen LogP contribution in [0, 0.1) is 0 Å². The van der Waals surface area contributed by atoms with Gasteiger partial charge in [-0.05, 0) is 29.7 Å². The van der Waals surface area contributed by atoms with Gasteiger partial charge in [0.2, 0.25) is 0 Å². The highest BCUT2D eigenvalue weighted by Gasteiger charge is 2.10. The van der Waals surface area contributed by atoms with Crippen molar-refractivity contribution in [2.45, 2.75) is 26.3 Å². The van der Waals surface area contributed by atoms with Crippen LogP contribution >= 0.6 is 12.4 Å². The van der Waals surface area contributed by atoms with Gasteiger partial charge in [0.1, 0.15) is 12.0 Å². The van der Waals surface area contributed by atoms with E-state index < -0.39 is 0 Å². The number of halogens is 1. The molecule has 2 rings (SSSR count). The molecule has 108 valence electrons. The van der Waals surface area contributed by atoms with Gasteiger partial charge in [0.05, 0.1) is 12.1 Å². The molecule has 1 amide bonds. The van der Waals surface area contributed by atoms with Crippen LogP contribution in [0.4, 0.5) is 5.69 Å². The number of nitrogens with one attached hydrogen (secondary N) is 1. The molecule has 0 aliphatic carbocycles. The Labute approximate surface area is 124 Å². The molecule has 0 bridgehead atoms. The first-order valence-electron chi connectivity index (χ1n) is 6.29. The molecule has 0 aliphatic heterocycles. The van der Waals surface area contributed by atoms with Crippen molar-refractivity contribution in [2.75, 3.05) is 5.32 Å². The largest absolute Gasteiger partial charge is 0.467 e. The summed E-state index contributed by atoms with van der Waals surface area (Å²) < 4.78 is 5.14. The average Bonchev–Trinajstić information content (AvgIpc) is 2.88. The maximum absolute atomic E-state index is 12.0. The van der Waals surface area contributed by atoms with Gasteiger partial charge in [0.15, 0.2) is 0 Å². The number of rotatable bonds is 4. The lowest BCUT2D eigenvalue weighted by molar-refractivity contribution is 0.102. The molecule has 4 nitrogen and oxygen atoms in total. The van der Waals surface area contributed by atoms with E-state index in [2.05, 4.69) is 19.2 Å². The van der Waals surface area contributed by atoms with Crippen molar-refractivity contribution >= 4 is 24.0 Å². The zero-order valence-corrected chi connectivity index (χ0v) is 12.4. The molecule has 1 heterocycles. The minimum atomic E-state index is -0.194. The number of furan rings is 1. The minimum Gasteiger partial charge on any atom is -0.467 e. The van der Waals surface area contributed by atoms with E-state index in [4.69, 9.17) is 10.2 Å². The highest BCUT2D eigenvalue weighted by Crippen LogP contribution is 2.18. The third kappa shape index (κ3) is 3.85. The third-order valence-electron chi connectivity index (χ3n) is 2.95. The molecule has 0 atom stereocenters. The Kier molecular flexibility index (Phi) is 5.80. The second kappa shape index (κ2) is 7.12. The summed E-state index contributed by atoms with van der Waals surface area (Å²) in [6.45, 7) is 4.55. The van der Waals surface area contributed by atoms with E-state index in [0.29, 0.717) is 17.2 Å². The number of amides is 1. The summed E-state index contributed by atoms with van der Waals surface area (Å²) in [5.41, 5.74) is 7.93. The van der Waals surface area contributed by atoms with Crippen LogP contribution < -0.4 is 11.1 Å². The molecule has 1 aromatic carbocycles. The zero-order chi connectivity index (χ0) is 13.8. The summed E-state index contributed by atoms with van der Waals surface area (Å²) in [7, 11) is 0. The molecule has 5 heteroatoms. The summed E-state index contributed by atoms with van der Waals surface area (Å²) in [6.07, 6.45) is 1.42. The fraction of sp³-hybridized carbons (Fsp3) is 0.267. The van der Waals surface area contributed by atoms with Crippen molar-refractivity contribution in [1.29, 1.82) is 0 Å². The van der Waals surface area contributed by atoms with Crippen LogP contribution in [-0.4, -0.2) is 5.91 Å². The molecule has 1 aromatic heterocycles. The number of anilines is 1. The van der Waals surface area contributed by atoms with Crippen molar-refractivity contribution < 1.29 is 9.21 Å². The smallest absolute Gasteiger partial charge is 0.258 e. The highest BCUT2D eigenvalue weighted by atomic mass is 35.5. The molecule has 0 saturated heterocycles. The lowest BCUT2D eigenvalue weighted by atomic mass is 10.0. The maximum atomic E-state index is 12.0. The molecule has 0 unspecified atom stereocenters. The number of hydrogen-bond acceptors (Lipinski definition) is 3. The standard InChI is InChI=1S/C15H18N2O2.ClH/c1-10(2)11-3-5-13(6-4-11)17-15(18)12-7-14(8-16)19-9-12;/h3-7,9-10H,8,16H2,1-2H3,(H,17,18);1H. The van der Waals surface area contributed by atoms with Crippen molar-refractivity contribution in [3.8, 4) is 0 Å². The molecular formula is C15H19ClN2O2. The zero-order valence-electron chi connectivity index (χ0n) is 11.6. The van der Waals surface area contributed by atoms with Crippen molar-refractivity contribution in [2.24, 2.45) is 5.73 Å². The molecule has 0 fully saturated rings. The predicted octanol–water partition coefficient (Wildman–Crippen LogP) is 3.54. The summed E-state index contributed by atoms with van der Waals surface area (Å²) in [6, 6.07) is 9.48. The molecule has 0 spiro atoms. The van der Waals surface area contributed by atoms with E-state index in [0.717, 1.165) is 5.69 Å². The molecule has 0 radical (unpaired) electrons. The van der Waals surface area contributed by atoms with Crippen LogP contribution in [0.3, 0.4) is 0 Å². The second-order valence-corrected chi connectivity index (χ2v) is 4.74. The van der Waals surface area contributed by atoms with Gasteiger partial charge in [-0.25, -0.2) is 0 Å². The summed E-state index contributed by atoms with van der Waals surface area (Å²) in [5, 5.41) is 2.82. The monoisotopic (exact) mass is 294 g/mol. The van der Waals surface area contributed by atoms with E-state index in [1.807, 2.05) is 24.3 Å². The lowest BCUT2D eigenvalue weighted by Crippen LogP contribution is -2.10. The summed E-state index contributed by atoms with van der Waals surface area (Å²) >= 11 is 0. The maximum Gasteiger partial charge on any atom is 0.258 e. The Balaban J connectivity index is 0.00000200. The molecule has 0 aliphatic rings. The van der Waals surface area contributed by atoms with E-state index in [-0.39, 0.29) is 24.9 Å². The number of nitrogens with two attached hydrogens (primary N) is 1. The normalized spacial score (nSPS) is 10.2. The van der Waals surface area contributed by atoms with Crippen molar-refractivity contribution in [3.63, 3.8) is 0 Å². The number of carbonyl (C=O) groups is 1. The fourth-order valence-corrected chi connectivity index (χ4v) is 1.76. The highest BCUT2D eigenvalue weighted by molar-refractivity contribution is 6.04. The van der Waals surface area contributed by atoms with Crippen molar-refractivity contribution in [3.05, 3.63) is 53.5 Å². The Morgan fingerprint density at radius 2 is 1.95 bits per heavy atom. The first-order chi connectivity index (χ1) is 9.10. The van der Waals surface area contributed by atoms with E-state index in [1.165, 1.54) is 11.8 Å². The molecule has 3 N–H and O–H groups in total. The third-order valence-corrected chi connectivity index (χ3v) is 2.95.